The number of fused-ring (bicyclic) bond motifs is 1. The second kappa shape index (κ2) is 6.30. The Morgan fingerprint density at radius 1 is 1.04 bits per heavy atom. The van der Waals surface area contributed by atoms with Gasteiger partial charge in [0, 0.05) is 5.70 Å². The zero-order valence-electron chi connectivity index (χ0n) is 14.0. The molecule has 1 atom stereocenters. The van der Waals surface area contributed by atoms with Gasteiger partial charge < -0.3 is 5.32 Å². The summed E-state index contributed by atoms with van der Waals surface area (Å²) in [5.41, 5.74) is 2.94. The summed E-state index contributed by atoms with van der Waals surface area (Å²) in [6.07, 6.45) is 3.12. The molecule has 0 aliphatic carbocycles. The minimum absolute atomic E-state index is 0.0404. The fraction of sp³-hybridized carbons (Fsp3) is 0.111. The maximum atomic E-state index is 11.5. The van der Waals surface area contributed by atoms with Crippen molar-refractivity contribution in [2.24, 2.45) is 0 Å². The number of allylic oxidation sites excluding steroid dienone is 1. The van der Waals surface area contributed by atoms with Crippen molar-refractivity contribution in [1.29, 1.82) is 0 Å². The lowest BCUT2D eigenvalue weighted by Gasteiger charge is -2.24. The molecule has 1 aliphatic rings. The van der Waals surface area contributed by atoms with Crippen LogP contribution < -0.4 is 10.0 Å². The highest BCUT2D eigenvalue weighted by Crippen LogP contribution is 2.33. The normalized spacial score (nSPS) is 16.3. The average molecular weight is 367 g/mol. The molecule has 3 aromatic rings. The van der Waals surface area contributed by atoms with Crippen LogP contribution in [0.5, 0.6) is 0 Å². The number of nitrogens with zero attached hydrogens (tertiary/aromatic N) is 3. The molecule has 0 unspecified atom stereocenters. The lowest BCUT2D eigenvalue weighted by atomic mass is 10.0. The van der Waals surface area contributed by atoms with Crippen molar-refractivity contribution < 1.29 is 8.42 Å². The Labute approximate surface area is 151 Å². The SMILES string of the molecule is CS(=O)(=O)Nc1nc2n(n1)[C@@H](c1ccccc1)C=C(c1ccccc1)N2. The fourth-order valence-electron chi connectivity index (χ4n) is 2.88. The minimum atomic E-state index is -3.46. The molecule has 0 radical (unpaired) electrons. The molecule has 2 heterocycles. The van der Waals surface area contributed by atoms with Gasteiger partial charge in [0.15, 0.2) is 0 Å². The third kappa shape index (κ3) is 3.31. The molecule has 8 heteroatoms. The van der Waals surface area contributed by atoms with Crippen molar-refractivity contribution in [3.8, 4) is 0 Å². The predicted octanol–water partition coefficient (Wildman–Crippen LogP) is 2.71. The molecule has 4 rings (SSSR count). The Kier molecular flexibility index (Phi) is 3.96. The van der Waals surface area contributed by atoms with E-state index in [-0.39, 0.29) is 12.0 Å². The molecule has 0 amide bonds. The van der Waals surface area contributed by atoms with Gasteiger partial charge in [-0.2, -0.15) is 4.98 Å². The van der Waals surface area contributed by atoms with Crippen LogP contribution in [0.4, 0.5) is 11.9 Å². The van der Waals surface area contributed by atoms with Gasteiger partial charge >= 0.3 is 0 Å². The summed E-state index contributed by atoms with van der Waals surface area (Å²) in [5.74, 6) is 0.519. The van der Waals surface area contributed by atoms with Gasteiger partial charge in [-0.3, -0.25) is 4.72 Å². The van der Waals surface area contributed by atoms with E-state index in [9.17, 15) is 8.42 Å². The molecule has 1 aliphatic heterocycles. The first-order valence-electron chi connectivity index (χ1n) is 8.03. The largest absolute Gasteiger partial charge is 0.324 e. The lowest BCUT2D eigenvalue weighted by Crippen LogP contribution is -2.20. The van der Waals surface area contributed by atoms with E-state index in [0.717, 1.165) is 23.1 Å². The summed E-state index contributed by atoms with van der Waals surface area (Å²) in [6, 6.07) is 19.6. The van der Waals surface area contributed by atoms with Crippen LogP contribution in [0.1, 0.15) is 17.2 Å². The molecule has 7 nitrogen and oxygen atoms in total. The molecule has 132 valence electrons. The Balaban J connectivity index is 1.80. The van der Waals surface area contributed by atoms with Gasteiger partial charge in [-0.05, 0) is 17.2 Å². The molecule has 2 aromatic carbocycles. The minimum Gasteiger partial charge on any atom is -0.324 e. The Hall–Kier alpha value is -3.13. The number of sulfonamides is 1. The second-order valence-electron chi connectivity index (χ2n) is 6.00. The maximum absolute atomic E-state index is 11.5. The highest BCUT2D eigenvalue weighted by molar-refractivity contribution is 7.91. The van der Waals surface area contributed by atoms with E-state index in [1.54, 1.807) is 4.68 Å². The van der Waals surface area contributed by atoms with Crippen molar-refractivity contribution in [2.75, 3.05) is 16.3 Å². The topological polar surface area (TPSA) is 88.9 Å². The van der Waals surface area contributed by atoms with E-state index in [1.807, 2.05) is 60.7 Å². The van der Waals surface area contributed by atoms with Crippen molar-refractivity contribution in [2.45, 2.75) is 6.04 Å². The summed E-state index contributed by atoms with van der Waals surface area (Å²) in [5, 5.41) is 7.57. The van der Waals surface area contributed by atoms with E-state index in [1.165, 1.54) is 0 Å². The summed E-state index contributed by atoms with van der Waals surface area (Å²) >= 11 is 0. The molecule has 0 saturated heterocycles. The third-order valence-electron chi connectivity index (χ3n) is 3.97. The first kappa shape index (κ1) is 16.3. The number of rotatable bonds is 4. The van der Waals surface area contributed by atoms with Crippen molar-refractivity contribution in [3.05, 3.63) is 77.9 Å². The van der Waals surface area contributed by atoms with E-state index in [0.29, 0.717) is 5.95 Å². The second-order valence-corrected chi connectivity index (χ2v) is 7.75. The van der Waals surface area contributed by atoms with Gasteiger partial charge in [0.2, 0.25) is 16.0 Å². The number of anilines is 2. The molecule has 0 bridgehead atoms. The molecule has 0 saturated carbocycles. The first-order valence-corrected chi connectivity index (χ1v) is 9.92. The maximum Gasteiger partial charge on any atom is 0.257 e. The fourth-order valence-corrected chi connectivity index (χ4v) is 3.29. The van der Waals surface area contributed by atoms with Gasteiger partial charge in [0.1, 0.15) is 6.04 Å². The summed E-state index contributed by atoms with van der Waals surface area (Å²) in [7, 11) is -3.46. The molecule has 0 spiro atoms. The molecule has 2 N–H and O–H groups in total. The predicted molar refractivity (Wildman–Crippen MR) is 101 cm³/mol. The molecular formula is C18H17N5O2S. The van der Waals surface area contributed by atoms with E-state index < -0.39 is 10.0 Å². The van der Waals surface area contributed by atoms with Gasteiger partial charge in [-0.15, -0.1) is 5.10 Å². The molecule has 26 heavy (non-hydrogen) atoms. The van der Waals surface area contributed by atoms with E-state index >= 15 is 0 Å². The highest BCUT2D eigenvalue weighted by atomic mass is 32.2. The van der Waals surface area contributed by atoms with Gasteiger partial charge in [0.05, 0.1) is 6.26 Å². The summed E-state index contributed by atoms with van der Waals surface area (Å²) in [4.78, 5) is 4.30. The van der Waals surface area contributed by atoms with Crippen LogP contribution >= 0.6 is 0 Å². The van der Waals surface area contributed by atoms with E-state index in [4.69, 9.17) is 0 Å². The third-order valence-corrected chi connectivity index (χ3v) is 4.52. The number of hydrogen-bond acceptors (Lipinski definition) is 5. The quantitative estimate of drug-likeness (QED) is 0.740. The Bertz CT molecular complexity index is 1060. The van der Waals surface area contributed by atoms with Crippen LogP contribution in [-0.4, -0.2) is 29.4 Å². The lowest BCUT2D eigenvalue weighted by molar-refractivity contribution is 0.603. The van der Waals surface area contributed by atoms with Crippen LogP contribution in [0.15, 0.2) is 66.7 Å². The number of nitrogens with one attached hydrogen (secondary N) is 2. The number of hydrogen-bond donors (Lipinski definition) is 2. The number of aromatic nitrogens is 3. The highest BCUT2D eigenvalue weighted by Gasteiger charge is 2.25. The van der Waals surface area contributed by atoms with Crippen LogP contribution in [-0.2, 0) is 10.0 Å². The number of benzene rings is 2. The van der Waals surface area contributed by atoms with Gasteiger partial charge in [-0.25, -0.2) is 13.1 Å². The standard InChI is InChI=1S/C18H17N5O2S/c1-26(24,25)22-17-20-18-19-15(13-8-4-2-5-9-13)12-16(23(18)21-17)14-10-6-3-7-11-14/h2-12,16H,1H3,(H2,19,20,21,22)/t16-/m1/s1. The summed E-state index contributed by atoms with van der Waals surface area (Å²) in [6.45, 7) is 0. The summed E-state index contributed by atoms with van der Waals surface area (Å²) < 4.78 is 27.0. The Morgan fingerprint density at radius 3 is 2.35 bits per heavy atom. The first-order chi connectivity index (χ1) is 12.5. The average Bonchev–Trinajstić information content (AvgIpc) is 3.02. The van der Waals surface area contributed by atoms with Crippen molar-refractivity contribution in [3.63, 3.8) is 0 Å². The molecular weight excluding hydrogens is 350 g/mol. The molecule has 1 aromatic heterocycles. The zero-order valence-corrected chi connectivity index (χ0v) is 14.8. The molecule has 0 fully saturated rings. The van der Waals surface area contributed by atoms with Gasteiger partial charge in [-0.1, -0.05) is 60.7 Å². The monoisotopic (exact) mass is 367 g/mol. The van der Waals surface area contributed by atoms with Crippen LogP contribution in [0.25, 0.3) is 5.70 Å². The Morgan fingerprint density at radius 2 is 1.69 bits per heavy atom. The zero-order chi connectivity index (χ0) is 18.1. The van der Waals surface area contributed by atoms with Crippen molar-refractivity contribution in [1.82, 2.24) is 14.8 Å². The van der Waals surface area contributed by atoms with Crippen molar-refractivity contribution >= 4 is 27.6 Å². The van der Waals surface area contributed by atoms with Crippen LogP contribution in [0.2, 0.25) is 0 Å². The van der Waals surface area contributed by atoms with Gasteiger partial charge in [0.25, 0.3) is 5.95 Å². The van der Waals surface area contributed by atoms with E-state index in [2.05, 4.69) is 26.2 Å². The van der Waals surface area contributed by atoms with Crippen LogP contribution in [0.3, 0.4) is 0 Å². The van der Waals surface area contributed by atoms with Crippen LogP contribution in [0, 0.1) is 0 Å². The smallest absolute Gasteiger partial charge is 0.257 e.